The van der Waals surface area contributed by atoms with Crippen LogP contribution in [0.3, 0.4) is 0 Å². The van der Waals surface area contributed by atoms with E-state index in [0.29, 0.717) is 17.6 Å². The number of pyridine rings is 1. The number of benzene rings is 1. The second-order valence-corrected chi connectivity index (χ2v) is 8.19. The molecule has 0 amide bonds. The highest BCUT2D eigenvalue weighted by molar-refractivity contribution is 5.58. The van der Waals surface area contributed by atoms with E-state index >= 15 is 0 Å². The van der Waals surface area contributed by atoms with Gasteiger partial charge in [-0.25, -0.2) is 0 Å². The van der Waals surface area contributed by atoms with Gasteiger partial charge in [-0.1, -0.05) is 49.3 Å². The van der Waals surface area contributed by atoms with Crippen molar-refractivity contribution in [2.24, 2.45) is 5.92 Å². The van der Waals surface area contributed by atoms with Crippen LogP contribution in [-0.4, -0.2) is 53.3 Å². The van der Waals surface area contributed by atoms with Gasteiger partial charge in [-0.05, 0) is 37.1 Å². The van der Waals surface area contributed by atoms with Crippen molar-refractivity contribution in [1.29, 1.82) is 0 Å². The lowest BCUT2D eigenvalue weighted by Gasteiger charge is -2.34. The Morgan fingerprint density at radius 3 is 2.52 bits per heavy atom. The third-order valence-corrected chi connectivity index (χ3v) is 5.70. The average molecular weight is 392 g/mol. The molecule has 1 aliphatic heterocycles. The molecule has 1 aromatic carbocycles. The van der Waals surface area contributed by atoms with Gasteiger partial charge in [0.1, 0.15) is 5.69 Å². The molecule has 152 valence electrons. The molecule has 1 unspecified atom stereocenters. The monoisotopic (exact) mass is 391 g/mol. The van der Waals surface area contributed by atoms with Gasteiger partial charge in [-0.3, -0.25) is 4.98 Å². The molecule has 1 aliphatic rings. The number of anilines is 1. The van der Waals surface area contributed by atoms with Gasteiger partial charge in [0, 0.05) is 44.0 Å². The second-order valence-electron chi connectivity index (χ2n) is 8.19. The molecule has 6 nitrogen and oxygen atoms in total. The molecule has 2 aromatic heterocycles. The van der Waals surface area contributed by atoms with Crippen molar-refractivity contribution in [3.63, 3.8) is 0 Å². The molecule has 0 saturated carbocycles. The standard InChI is InChI=1S/C23H29N5O/c1-17(2)20(15-18-7-5-4-6-8-18)23-25-22(26-29-23)21-16-19(9-10-24-21)28-13-11-27(3)12-14-28/h4-10,16-17,20H,11-15H2,1-3H3. The molecule has 0 spiro atoms. The number of rotatable bonds is 6. The average Bonchev–Trinajstić information content (AvgIpc) is 3.23. The lowest BCUT2D eigenvalue weighted by Crippen LogP contribution is -2.44. The van der Waals surface area contributed by atoms with E-state index in [1.807, 2.05) is 12.3 Å². The number of aromatic nitrogens is 3. The maximum Gasteiger partial charge on any atom is 0.230 e. The Kier molecular flexibility index (Phi) is 5.90. The molecule has 3 aromatic rings. The lowest BCUT2D eigenvalue weighted by molar-refractivity contribution is 0.313. The van der Waals surface area contributed by atoms with Gasteiger partial charge < -0.3 is 14.3 Å². The molecule has 4 rings (SSSR count). The van der Waals surface area contributed by atoms with Crippen molar-refractivity contribution >= 4 is 5.69 Å². The predicted molar refractivity (Wildman–Crippen MR) is 115 cm³/mol. The zero-order valence-corrected chi connectivity index (χ0v) is 17.5. The van der Waals surface area contributed by atoms with Gasteiger partial charge in [0.15, 0.2) is 0 Å². The van der Waals surface area contributed by atoms with Crippen molar-refractivity contribution in [1.82, 2.24) is 20.0 Å². The Balaban J connectivity index is 1.54. The number of nitrogens with zero attached hydrogens (tertiary/aromatic N) is 5. The topological polar surface area (TPSA) is 58.3 Å². The summed E-state index contributed by atoms with van der Waals surface area (Å²) in [6.07, 6.45) is 2.72. The quantitative estimate of drug-likeness (QED) is 0.636. The van der Waals surface area contributed by atoms with Crippen LogP contribution in [0.2, 0.25) is 0 Å². The van der Waals surface area contributed by atoms with Crippen molar-refractivity contribution in [2.75, 3.05) is 38.1 Å². The highest BCUT2D eigenvalue weighted by atomic mass is 16.5. The molecular weight excluding hydrogens is 362 g/mol. The Labute approximate surface area is 172 Å². The summed E-state index contributed by atoms with van der Waals surface area (Å²) in [7, 11) is 2.16. The number of hydrogen-bond acceptors (Lipinski definition) is 6. The first-order valence-corrected chi connectivity index (χ1v) is 10.4. The molecule has 1 fully saturated rings. The van der Waals surface area contributed by atoms with Gasteiger partial charge in [-0.2, -0.15) is 4.98 Å². The van der Waals surface area contributed by atoms with E-state index in [0.717, 1.165) is 38.3 Å². The van der Waals surface area contributed by atoms with Gasteiger partial charge in [0.05, 0.1) is 0 Å². The Morgan fingerprint density at radius 2 is 1.79 bits per heavy atom. The normalized spacial score (nSPS) is 16.3. The van der Waals surface area contributed by atoms with Gasteiger partial charge in [-0.15, -0.1) is 0 Å². The third kappa shape index (κ3) is 4.65. The van der Waals surface area contributed by atoms with Crippen molar-refractivity contribution in [3.05, 3.63) is 60.1 Å². The van der Waals surface area contributed by atoms with E-state index in [9.17, 15) is 0 Å². The minimum atomic E-state index is 0.180. The summed E-state index contributed by atoms with van der Waals surface area (Å²) in [5.41, 5.74) is 3.21. The van der Waals surface area contributed by atoms with Crippen LogP contribution >= 0.6 is 0 Å². The number of likely N-dealkylation sites (N-methyl/N-ethyl adjacent to an activating group) is 1. The fraction of sp³-hybridized carbons (Fsp3) is 0.435. The Bertz CT molecular complexity index is 916. The Hall–Kier alpha value is -2.73. The summed E-state index contributed by atoms with van der Waals surface area (Å²) in [6, 6.07) is 14.6. The van der Waals surface area contributed by atoms with Crippen LogP contribution < -0.4 is 4.90 Å². The van der Waals surface area contributed by atoms with Crippen LogP contribution in [0.25, 0.3) is 11.5 Å². The minimum absolute atomic E-state index is 0.180. The third-order valence-electron chi connectivity index (χ3n) is 5.70. The molecule has 1 atom stereocenters. The fourth-order valence-corrected chi connectivity index (χ4v) is 3.77. The largest absolute Gasteiger partial charge is 0.369 e. The van der Waals surface area contributed by atoms with Crippen LogP contribution in [0.4, 0.5) is 5.69 Å². The summed E-state index contributed by atoms with van der Waals surface area (Å²) in [6.45, 7) is 8.57. The van der Waals surface area contributed by atoms with Gasteiger partial charge >= 0.3 is 0 Å². The van der Waals surface area contributed by atoms with Gasteiger partial charge in [0.2, 0.25) is 11.7 Å². The summed E-state index contributed by atoms with van der Waals surface area (Å²) in [5.74, 6) is 1.83. The second kappa shape index (κ2) is 8.74. The van der Waals surface area contributed by atoms with Crippen LogP contribution in [0.15, 0.2) is 53.2 Å². The van der Waals surface area contributed by atoms with Crippen LogP contribution in [0.1, 0.15) is 31.2 Å². The fourth-order valence-electron chi connectivity index (χ4n) is 3.77. The van der Waals surface area contributed by atoms with Crippen molar-refractivity contribution in [2.45, 2.75) is 26.2 Å². The molecule has 0 radical (unpaired) electrons. The molecule has 0 aliphatic carbocycles. The minimum Gasteiger partial charge on any atom is -0.369 e. The maximum absolute atomic E-state index is 5.69. The lowest BCUT2D eigenvalue weighted by atomic mass is 9.89. The zero-order valence-electron chi connectivity index (χ0n) is 17.5. The SMILES string of the molecule is CC(C)C(Cc1ccccc1)c1nc(-c2cc(N3CCN(C)CC3)ccn2)no1. The predicted octanol–water partition coefficient (Wildman–Crippen LogP) is 3.87. The molecule has 6 heteroatoms. The molecule has 1 saturated heterocycles. The van der Waals surface area contributed by atoms with Gasteiger partial charge in [0.25, 0.3) is 0 Å². The Morgan fingerprint density at radius 1 is 1.03 bits per heavy atom. The summed E-state index contributed by atoms with van der Waals surface area (Å²) in [5, 5.41) is 4.25. The highest BCUT2D eigenvalue weighted by Gasteiger charge is 2.24. The smallest absolute Gasteiger partial charge is 0.230 e. The van der Waals surface area contributed by atoms with E-state index < -0.39 is 0 Å². The highest BCUT2D eigenvalue weighted by Crippen LogP contribution is 2.29. The first-order valence-electron chi connectivity index (χ1n) is 10.4. The zero-order chi connectivity index (χ0) is 20.2. The van der Waals surface area contributed by atoms with E-state index in [2.05, 4.69) is 77.2 Å². The molecule has 0 N–H and O–H groups in total. The number of hydrogen-bond donors (Lipinski definition) is 0. The van der Waals surface area contributed by atoms with E-state index in [1.54, 1.807) is 0 Å². The summed E-state index contributed by atoms with van der Waals surface area (Å²) >= 11 is 0. The van der Waals surface area contributed by atoms with Crippen LogP contribution in [0, 0.1) is 5.92 Å². The molecule has 3 heterocycles. The molecular formula is C23H29N5O. The molecule has 0 bridgehead atoms. The first kappa shape index (κ1) is 19.6. The first-order chi connectivity index (χ1) is 14.1. The van der Waals surface area contributed by atoms with E-state index in [4.69, 9.17) is 9.51 Å². The van der Waals surface area contributed by atoms with E-state index in [-0.39, 0.29) is 5.92 Å². The van der Waals surface area contributed by atoms with Crippen LogP contribution in [-0.2, 0) is 6.42 Å². The van der Waals surface area contributed by atoms with Crippen molar-refractivity contribution < 1.29 is 4.52 Å². The van der Waals surface area contributed by atoms with Crippen molar-refractivity contribution in [3.8, 4) is 11.5 Å². The summed E-state index contributed by atoms with van der Waals surface area (Å²) in [4.78, 5) is 14.0. The number of piperazine rings is 1. The molecule has 29 heavy (non-hydrogen) atoms. The van der Waals surface area contributed by atoms with Crippen LogP contribution in [0.5, 0.6) is 0 Å². The summed E-state index contributed by atoms with van der Waals surface area (Å²) < 4.78 is 5.69. The maximum atomic E-state index is 5.69. The van der Waals surface area contributed by atoms with E-state index in [1.165, 1.54) is 11.3 Å².